The van der Waals surface area contributed by atoms with Gasteiger partial charge < -0.3 is 15.6 Å². The van der Waals surface area contributed by atoms with Crippen LogP contribution in [0.5, 0.6) is 0 Å². The molecule has 0 saturated heterocycles. The second-order valence-electron chi connectivity index (χ2n) is 5.74. The Morgan fingerprint density at radius 2 is 1.88 bits per heavy atom. The molecule has 0 aliphatic carbocycles. The topological polar surface area (TPSA) is 72.5 Å². The van der Waals surface area contributed by atoms with Crippen LogP contribution in [0.25, 0.3) is 0 Å². The van der Waals surface area contributed by atoms with Gasteiger partial charge in [-0.05, 0) is 12.0 Å². The lowest BCUT2D eigenvalue weighted by Gasteiger charge is -2.21. The monoisotopic (exact) mass is 247 g/mol. The summed E-state index contributed by atoms with van der Waals surface area (Å²) in [5.74, 6) is -0.543. The van der Waals surface area contributed by atoms with E-state index in [9.17, 15) is 9.90 Å². The Kier molecular flexibility index (Phi) is 6.21. The Balaban J connectivity index is 3.98. The molecule has 0 radical (unpaired) electrons. The van der Waals surface area contributed by atoms with Gasteiger partial charge in [-0.3, -0.25) is 4.79 Å². The molecule has 4 nitrogen and oxygen atoms in total. The first-order chi connectivity index (χ1) is 7.15. The van der Waals surface area contributed by atoms with Crippen LogP contribution in [-0.2, 0) is 9.53 Å². The molecule has 3 N–H and O–H groups in total. The molecule has 0 bridgehead atoms. The Hall–Kier alpha value is -0.393. The molecule has 0 spiro atoms. The summed E-state index contributed by atoms with van der Waals surface area (Å²) in [5, 5.41) is 9.61. The van der Waals surface area contributed by atoms with Gasteiger partial charge in [-0.1, -0.05) is 33.5 Å². The summed E-state index contributed by atoms with van der Waals surface area (Å²) in [6.07, 6.45) is -0.834. The molecule has 16 heavy (non-hydrogen) atoms. The normalized spacial score (nSPS) is 16.0. The first-order valence-corrected chi connectivity index (χ1v) is 9.46. The highest BCUT2D eigenvalue weighted by atomic mass is 28.3. The van der Waals surface area contributed by atoms with Crippen molar-refractivity contribution in [1.82, 2.24) is 0 Å². The van der Waals surface area contributed by atoms with Gasteiger partial charge in [0.15, 0.2) is 0 Å². The molecular formula is C11H25NO3Si. The molecule has 0 saturated carbocycles. The number of aliphatic hydroxyl groups is 1. The van der Waals surface area contributed by atoms with E-state index in [0.717, 1.165) is 6.04 Å². The van der Waals surface area contributed by atoms with Crippen LogP contribution in [0.4, 0.5) is 0 Å². The van der Waals surface area contributed by atoms with Gasteiger partial charge in [0.25, 0.3) is 0 Å². The minimum absolute atomic E-state index is 0.0421. The van der Waals surface area contributed by atoms with Gasteiger partial charge in [0, 0.05) is 8.07 Å². The molecule has 0 fully saturated rings. The van der Waals surface area contributed by atoms with Crippen LogP contribution in [0.2, 0.25) is 25.7 Å². The Bertz CT molecular complexity index is 226. The Labute approximate surface area is 99.2 Å². The standard InChI is InChI=1S/C11H25NO3Si/c1-8(2)10(13)9(12)11(14)15-6-7-16(3,4)5/h8-10,13H,6-7,12H2,1-5H3/t9-,10-/m0/s1. The first kappa shape index (κ1) is 15.6. The second kappa shape index (κ2) is 6.37. The molecule has 0 heterocycles. The van der Waals surface area contributed by atoms with E-state index in [1.807, 2.05) is 13.8 Å². The fourth-order valence-electron chi connectivity index (χ4n) is 1.11. The fourth-order valence-corrected chi connectivity index (χ4v) is 1.82. The maximum Gasteiger partial charge on any atom is 0.325 e. The predicted octanol–water partition coefficient (Wildman–Crippen LogP) is 1.21. The second-order valence-corrected chi connectivity index (χ2v) is 11.4. The summed E-state index contributed by atoms with van der Waals surface area (Å²) in [6, 6.07) is -0.00917. The highest BCUT2D eigenvalue weighted by Crippen LogP contribution is 2.09. The van der Waals surface area contributed by atoms with Crippen molar-refractivity contribution in [2.75, 3.05) is 6.61 Å². The molecule has 0 aromatic heterocycles. The Morgan fingerprint density at radius 1 is 1.38 bits per heavy atom. The Morgan fingerprint density at radius 3 is 2.25 bits per heavy atom. The van der Waals surface area contributed by atoms with Crippen molar-refractivity contribution in [1.29, 1.82) is 0 Å². The van der Waals surface area contributed by atoms with Crippen molar-refractivity contribution in [2.45, 2.75) is 51.7 Å². The van der Waals surface area contributed by atoms with Gasteiger partial charge in [0.2, 0.25) is 0 Å². The molecule has 96 valence electrons. The first-order valence-electron chi connectivity index (χ1n) is 5.75. The number of rotatable bonds is 6. The number of hydrogen-bond donors (Lipinski definition) is 2. The van der Waals surface area contributed by atoms with Crippen LogP contribution in [0, 0.1) is 5.92 Å². The molecule has 0 aromatic carbocycles. The van der Waals surface area contributed by atoms with Crippen molar-refractivity contribution in [2.24, 2.45) is 11.7 Å². The maximum absolute atomic E-state index is 11.5. The number of esters is 1. The van der Waals surface area contributed by atoms with E-state index in [1.165, 1.54) is 0 Å². The number of carbonyl (C=O) groups excluding carboxylic acids is 1. The number of ether oxygens (including phenoxy) is 1. The molecule has 0 aliphatic heterocycles. The summed E-state index contributed by atoms with van der Waals surface area (Å²) in [7, 11) is -1.19. The summed E-state index contributed by atoms with van der Waals surface area (Å²) < 4.78 is 5.06. The summed E-state index contributed by atoms with van der Waals surface area (Å²) >= 11 is 0. The largest absolute Gasteiger partial charge is 0.465 e. The maximum atomic E-state index is 11.5. The van der Waals surface area contributed by atoms with Crippen LogP contribution in [0.1, 0.15) is 13.8 Å². The van der Waals surface area contributed by atoms with Crippen molar-refractivity contribution in [3.05, 3.63) is 0 Å². The quantitative estimate of drug-likeness (QED) is 0.546. The van der Waals surface area contributed by atoms with Gasteiger partial charge in [-0.2, -0.15) is 0 Å². The number of nitrogens with two attached hydrogens (primary N) is 1. The van der Waals surface area contributed by atoms with Crippen molar-refractivity contribution in [3.63, 3.8) is 0 Å². The SMILES string of the molecule is CC(C)[C@H](O)[C@H](N)C(=O)OCC[Si](C)(C)C. The van der Waals surface area contributed by atoms with Crippen LogP contribution < -0.4 is 5.73 Å². The van der Waals surface area contributed by atoms with E-state index in [0.29, 0.717) is 6.61 Å². The summed E-state index contributed by atoms with van der Waals surface area (Å²) in [4.78, 5) is 11.5. The van der Waals surface area contributed by atoms with Gasteiger partial charge in [0.1, 0.15) is 6.04 Å². The van der Waals surface area contributed by atoms with E-state index < -0.39 is 26.2 Å². The van der Waals surface area contributed by atoms with Crippen molar-refractivity contribution >= 4 is 14.0 Å². The van der Waals surface area contributed by atoms with E-state index in [2.05, 4.69) is 19.6 Å². The van der Waals surface area contributed by atoms with E-state index >= 15 is 0 Å². The van der Waals surface area contributed by atoms with Crippen LogP contribution in [-0.4, -0.2) is 37.9 Å². The van der Waals surface area contributed by atoms with Gasteiger partial charge >= 0.3 is 5.97 Å². The van der Waals surface area contributed by atoms with Crippen LogP contribution in [0.15, 0.2) is 0 Å². The van der Waals surface area contributed by atoms with Gasteiger partial charge in [-0.15, -0.1) is 0 Å². The molecular weight excluding hydrogens is 222 g/mol. The molecule has 2 atom stereocenters. The average molecular weight is 247 g/mol. The zero-order valence-electron chi connectivity index (χ0n) is 11.0. The highest BCUT2D eigenvalue weighted by molar-refractivity contribution is 6.76. The highest BCUT2D eigenvalue weighted by Gasteiger charge is 2.26. The number of hydrogen-bond acceptors (Lipinski definition) is 4. The van der Waals surface area contributed by atoms with E-state index in [4.69, 9.17) is 10.5 Å². The van der Waals surface area contributed by atoms with Crippen LogP contribution >= 0.6 is 0 Å². The lowest BCUT2D eigenvalue weighted by atomic mass is 10.0. The molecule has 0 rings (SSSR count). The van der Waals surface area contributed by atoms with Gasteiger partial charge in [0.05, 0.1) is 12.7 Å². The lowest BCUT2D eigenvalue weighted by molar-refractivity contribution is -0.148. The van der Waals surface area contributed by atoms with E-state index in [1.54, 1.807) is 0 Å². The average Bonchev–Trinajstić information content (AvgIpc) is 2.13. The van der Waals surface area contributed by atoms with Crippen molar-refractivity contribution < 1.29 is 14.6 Å². The molecule has 0 aliphatic rings. The molecule has 0 aromatic rings. The zero-order chi connectivity index (χ0) is 12.9. The minimum atomic E-state index is -1.19. The summed E-state index contributed by atoms with van der Waals surface area (Å²) in [5.41, 5.74) is 5.60. The number of carbonyl (C=O) groups is 1. The molecule has 0 unspecified atom stereocenters. The smallest absolute Gasteiger partial charge is 0.325 e. The third kappa shape index (κ3) is 6.25. The van der Waals surface area contributed by atoms with Gasteiger partial charge in [-0.25, -0.2) is 0 Å². The van der Waals surface area contributed by atoms with Crippen molar-refractivity contribution in [3.8, 4) is 0 Å². The molecule has 0 amide bonds. The fraction of sp³-hybridized carbons (Fsp3) is 0.909. The van der Waals surface area contributed by atoms with Crippen LogP contribution in [0.3, 0.4) is 0 Å². The molecule has 5 heteroatoms. The predicted molar refractivity (Wildman–Crippen MR) is 67.9 cm³/mol. The van der Waals surface area contributed by atoms with E-state index in [-0.39, 0.29) is 5.92 Å². The minimum Gasteiger partial charge on any atom is -0.465 e. The zero-order valence-corrected chi connectivity index (χ0v) is 12.0. The third-order valence-corrected chi connectivity index (χ3v) is 4.12. The lowest BCUT2D eigenvalue weighted by Crippen LogP contribution is -2.45. The number of aliphatic hydroxyl groups excluding tert-OH is 1. The summed E-state index contributed by atoms with van der Waals surface area (Å²) in [6.45, 7) is 10.7. The third-order valence-electron chi connectivity index (χ3n) is 2.42.